The number of carbonyl (C=O) groups excluding carboxylic acids is 1. The largest absolute Gasteiger partial charge is 0.325 e. The van der Waals surface area contributed by atoms with E-state index in [9.17, 15) is 17.1 Å². The Bertz CT molecular complexity index is 439. The standard InChI is InChI=1S/C10H14FNO3S/c1-4-10(3,5-2)12-7-8(6-9(12)13)16(11,14)15/h1,8H,5-7H2,2-3H3. The number of halogens is 1. The highest BCUT2D eigenvalue weighted by Crippen LogP contribution is 2.28. The molecule has 1 heterocycles. The minimum absolute atomic E-state index is 0.161. The van der Waals surface area contributed by atoms with Crippen LogP contribution in [0.3, 0.4) is 0 Å². The minimum Gasteiger partial charge on any atom is -0.325 e. The third-order valence-corrected chi connectivity index (χ3v) is 4.19. The van der Waals surface area contributed by atoms with Crippen LogP contribution >= 0.6 is 0 Å². The highest BCUT2D eigenvalue weighted by molar-refractivity contribution is 7.87. The second-order valence-electron chi connectivity index (χ2n) is 4.08. The third-order valence-electron chi connectivity index (χ3n) is 3.08. The molecule has 0 bridgehead atoms. The predicted molar refractivity (Wildman–Crippen MR) is 57.7 cm³/mol. The summed E-state index contributed by atoms with van der Waals surface area (Å²) in [6.45, 7) is 3.30. The molecule has 0 radical (unpaired) electrons. The van der Waals surface area contributed by atoms with Crippen molar-refractivity contribution in [3.63, 3.8) is 0 Å². The van der Waals surface area contributed by atoms with Crippen LogP contribution in [0.15, 0.2) is 0 Å². The van der Waals surface area contributed by atoms with Gasteiger partial charge in [0, 0.05) is 13.0 Å². The van der Waals surface area contributed by atoms with Gasteiger partial charge in [0.2, 0.25) is 5.91 Å². The van der Waals surface area contributed by atoms with Crippen LogP contribution in [-0.2, 0) is 15.0 Å². The summed E-state index contributed by atoms with van der Waals surface area (Å²) in [5.41, 5.74) is -0.837. The van der Waals surface area contributed by atoms with Crippen molar-refractivity contribution < 1.29 is 17.1 Å². The van der Waals surface area contributed by atoms with Crippen LogP contribution in [0.1, 0.15) is 26.7 Å². The molecule has 16 heavy (non-hydrogen) atoms. The van der Waals surface area contributed by atoms with Gasteiger partial charge in [0.1, 0.15) is 10.8 Å². The van der Waals surface area contributed by atoms with Gasteiger partial charge < -0.3 is 4.90 Å². The van der Waals surface area contributed by atoms with Crippen LogP contribution in [0, 0.1) is 12.3 Å². The molecule has 0 aliphatic carbocycles. The molecule has 4 nitrogen and oxygen atoms in total. The number of rotatable bonds is 3. The molecule has 1 aliphatic rings. The lowest BCUT2D eigenvalue weighted by Gasteiger charge is -2.33. The van der Waals surface area contributed by atoms with E-state index >= 15 is 0 Å². The molecular formula is C10H14FNO3S. The maximum absolute atomic E-state index is 12.8. The van der Waals surface area contributed by atoms with E-state index in [0.29, 0.717) is 6.42 Å². The molecule has 1 saturated heterocycles. The van der Waals surface area contributed by atoms with Gasteiger partial charge in [-0.05, 0) is 13.3 Å². The van der Waals surface area contributed by atoms with Gasteiger partial charge in [0.05, 0.1) is 0 Å². The maximum Gasteiger partial charge on any atom is 0.307 e. The number of hydrogen-bond donors (Lipinski definition) is 0. The van der Waals surface area contributed by atoms with Crippen molar-refractivity contribution >= 4 is 16.1 Å². The molecule has 0 N–H and O–H groups in total. The van der Waals surface area contributed by atoms with Gasteiger partial charge in [-0.2, -0.15) is 8.42 Å². The van der Waals surface area contributed by atoms with Crippen LogP contribution in [0.4, 0.5) is 3.89 Å². The predicted octanol–water partition coefficient (Wildman–Crippen LogP) is 0.688. The first-order valence-corrected chi connectivity index (χ1v) is 6.41. The molecule has 0 aromatic rings. The zero-order valence-corrected chi connectivity index (χ0v) is 10.1. The molecule has 2 unspecified atom stereocenters. The Morgan fingerprint density at radius 1 is 1.69 bits per heavy atom. The fraction of sp³-hybridized carbons (Fsp3) is 0.700. The number of terminal acetylenes is 1. The first-order valence-electron chi connectivity index (χ1n) is 4.96. The average Bonchev–Trinajstić information content (AvgIpc) is 2.59. The van der Waals surface area contributed by atoms with Crippen molar-refractivity contribution in [3.8, 4) is 12.3 Å². The van der Waals surface area contributed by atoms with E-state index in [1.165, 1.54) is 4.90 Å². The molecule has 1 fully saturated rings. The van der Waals surface area contributed by atoms with E-state index in [4.69, 9.17) is 6.42 Å². The topological polar surface area (TPSA) is 54.5 Å². The lowest BCUT2D eigenvalue weighted by atomic mass is 9.98. The van der Waals surface area contributed by atoms with Crippen molar-refractivity contribution in [1.82, 2.24) is 4.90 Å². The van der Waals surface area contributed by atoms with E-state index in [2.05, 4.69) is 5.92 Å². The summed E-state index contributed by atoms with van der Waals surface area (Å²) < 4.78 is 34.2. The van der Waals surface area contributed by atoms with E-state index in [1.54, 1.807) is 13.8 Å². The Balaban J connectivity index is 2.97. The molecule has 90 valence electrons. The molecule has 1 aliphatic heterocycles. The highest BCUT2D eigenvalue weighted by atomic mass is 32.3. The zero-order chi connectivity index (χ0) is 12.6. The Kier molecular flexibility index (Phi) is 3.29. The van der Waals surface area contributed by atoms with Crippen LogP contribution in [0.2, 0.25) is 0 Å². The molecular weight excluding hydrogens is 233 g/mol. The second-order valence-corrected chi connectivity index (χ2v) is 5.70. The molecule has 0 aromatic heterocycles. The molecule has 1 amide bonds. The lowest BCUT2D eigenvalue weighted by Crippen LogP contribution is -2.46. The summed E-state index contributed by atoms with van der Waals surface area (Å²) in [6, 6.07) is 0. The first-order chi connectivity index (χ1) is 7.24. The Hall–Kier alpha value is -1.09. The van der Waals surface area contributed by atoms with Crippen molar-refractivity contribution in [2.24, 2.45) is 0 Å². The van der Waals surface area contributed by atoms with Gasteiger partial charge in [-0.1, -0.05) is 12.8 Å². The molecule has 0 saturated carbocycles. The number of amides is 1. The monoisotopic (exact) mass is 247 g/mol. The summed E-state index contributed by atoms with van der Waals surface area (Å²) in [5, 5.41) is -1.28. The van der Waals surface area contributed by atoms with Crippen LogP contribution in [0.25, 0.3) is 0 Å². The zero-order valence-electron chi connectivity index (χ0n) is 9.23. The van der Waals surface area contributed by atoms with Crippen LogP contribution in [-0.4, -0.2) is 36.6 Å². The van der Waals surface area contributed by atoms with Gasteiger partial charge in [-0.25, -0.2) is 0 Å². The van der Waals surface area contributed by atoms with E-state index in [-0.39, 0.29) is 13.0 Å². The molecule has 0 spiro atoms. The number of likely N-dealkylation sites (tertiary alicyclic amines) is 1. The second kappa shape index (κ2) is 4.06. The number of nitrogens with zero attached hydrogens (tertiary/aromatic N) is 1. The Morgan fingerprint density at radius 3 is 2.56 bits per heavy atom. The van der Waals surface area contributed by atoms with Crippen molar-refractivity contribution in [1.29, 1.82) is 0 Å². The summed E-state index contributed by atoms with van der Waals surface area (Å²) in [4.78, 5) is 12.9. The summed E-state index contributed by atoms with van der Waals surface area (Å²) in [5.74, 6) is 2.05. The molecule has 0 aromatic carbocycles. The summed E-state index contributed by atoms with van der Waals surface area (Å²) in [7, 11) is -4.68. The summed E-state index contributed by atoms with van der Waals surface area (Å²) >= 11 is 0. The molecule has 1 rings (SSSR count). The number of carbonyl (C=O) groups is 1. The smallest absolute Gasteiger partial charge is 0.307 e. The lowest BCUT2D eigenvalue weighted by molar-refractivity contribution is -0.131. The van der Waals surface area contributed by atoms with E-state index < -0.39 is 26.9 Å². The highest BCUT2D eigenvalue weighted by Gasteiger charge is 2.44. The van der Waals surface area contributed by atoms with E-state index in [0.717, 1.165) is 0 Å². The van der Waals surface area contributed by atoms with Gasteiger partial charge in [0.25, 0.3) is 0 Å². The summed E-state index contributed by atoms with van der Waals surface area (Å²) in [6.07, 6.45) is 5.50. The minimum atomic E-state index is -4.68. The SMILES string of the molecule is C#CC(C)(CC)N1CC(S(=O)(=O)F)CC1=O. The average molecular weight is 247 g/mol. The fourth-order valence-electron chi connectivity index (χ4n) is 1.71. The van der Waals surface area contributed by atoms with Crippen molar-refractivity contribution in [2.75, 3.05) is 6.54 Å². The van der Waals surface area contributed by atoms with Gasteiger partial charge >= 0.3 is 10.2 Å². The van der Waals surface area contributed by atoms with Crippen molar-refractivity contribution in [3.05, 3.63) is 0 Å². The maximum atomic E-state index is 12.8. The van der Waals surface area contributed by atoms with Gasteiger partial charge in [0.15, 0.2) is 0 Å². The van der Waals surface area contributed by atoms with E-state index in [1.807, 2.05) is 0 Å². The van der Waals surface area contributed by atoms with Crippen molar-refractivity contribution in [2.45, 2.75) is 37.5 Å². The fourth-order valence-corrected chi connectivity index (χ4v) is 2.38. The van der Waals surface area contributed by atoms with Crippen LogP contribution < -0.4 is 0 Å². The van der Waals surface area contributed by atoms with Gasteiger partial charge in [-0.3, -0.25) is 4.79 Å². The number of hydrogen-bond acceptors (Lipinski definition) is 3. The Morgan fingerprint density at radius 2 is 2.25 bits per heavy atom. The van der Waals surface area contributed by atoms with Gasteiger partial charge in [-0.15, -0.1) is 10.3 Å². The first kappa shape index (κ1) is 13.0. The molecule has 6 heteroatoms. The normalized spacial score (nSPS) is 25.2. The molecule has 2 atom stereocenters. The van der Waals surface area contributed by atoms with Crippen LogP contribution in [0.5, 0.6) is 0 Å². The third kappa shape index (κ3) is 2.19. The Labute approximate surface area is 95.0 Å². The quantitative estimate of drug-likeness (QED) is 0.544.